The summed E-state index contributed by atoms with van der Waals surface area (Å²) in [4.78, 5) is 24.7. The van der Waals surface area contributed by atoms with E-state index in [1.165, 1.54) is 43.5 Å². The van der Waals surface area contributed by atoms with E-state index in [0.29, 0.717) is 16.7 Å². The van der Waals surface area contributed by atoms with Crippen LogP contribution in [-0.4, -0.2) is 37.5 Å². The first-order chi connectivity index (χ1) is 13.9. The SMILES string of the molecule is COCCOC(=O)c1c(C)oc2ccc(OC(=O)c3cccc([NH+]([O-])O)c3)cc12. The zero-order valence-electron chi connectivity index (χ0n) is 15.8. The molecule has 9 heteroatoms. The van der Waals surface area contributed by atoms with Gasteiger partial charge in [-0.1, -0.05) is 6.07 Å². The van der Waals surface area contributed by atoms with E-state index in [0.717, 1.165) is 0 Å². The molecule has 0 amide bonds. The number of ether oxygens (including phenoxy) is 3. The van der Waals surface area contributed by atoms with Gasteiger partial charge < -0.3 is 23.8 Å². The van der Waals surface area contributed by atoms with Gasteiger partial charge in [-0.25, -0.2) is 14.8 Å². The lowest BCUT2D eigenvalue weighted by atomic mass is 10.1. The summed E-state index contributed by atoms with van der Waals surface area (Å²) in [6.45, 7) is 1.99. The van der Waals surface area contributed by atoms with Gasteiger partial charge in [0.05, 0.1) is 12.2 Å². The smallest absolute Gasteiger partial charge is 0.343 e. The van der Waals surface area contributed by atoms with Crippen molar-refractivity contribution in [1.82, 2.24) is 0 Å². The van der Waals surface area contributed by atoms with Gasteiger partial charge in [-0.15, -0.1) is 0 Å². The molecule has 3 aromatic rings. The quantitative estimate of drug-likeness (QED) is 0.267. The number of quaternary nitrogens is 1. The molecule has 0 saturated heterocycles. The topological polar surface area (TPSA) is 123 Å². The number of furan rings is 1. The normalized spacial score (nSPS) is 12.0. The van der Waals surface area contributed by atoms with Gasteiger partial charge in [0.15, 0.2) is 5.69 Å². The number of hydrogen-bond donors (Lipinski definition) is 2. The fraction of sp³-hybridized carbons (Fsp3) is 0.200. The van der Waals surface area contributed by atoms with Gasteiger partial charge in [-0.05, 0) is 31.2 Å². The summed E-state index contributed by atoms with van der Waals surface area (Å²) in [5.74, 6) is -0.747. The zero-order valence-corrected chi connectivity index (χ0v) is 15.8. The van der Waals surface area contributed by atoms with E-state index in [2.05, 4.69) is 0 Å². The van der Waals surface area contributed by atoms with E-state index < -0.39 is 17.2 Å². The summed E-state index contributed by atoms with van der Waals surface area (Å²) in [6, 6.07) is 10.1. The lowest BCUT2D eigenvalue weighted by Gasteiger charge is -2.12. The van der Waals surface area contributed by atoms with Crippen LogP contribution in [0, 0.1) is 12.1 Å². The fourth-order valence-corrected chi connectivity index (χ4v) is 2.75. The van der Waals surface area contributed by atoms with E-state index >= 15 is 0 Å². The maximum Gasteiger partial charge on any atom is 0.343 e. The number of carbonyl (C=O) groups excluding carboxylic acids is 2. The molecule has 0 spiro atoms. The number of benzene rings is 2. The highest BCUT2D eigenvalue weighted by Gasteiger charge is 2.21. The predicted molar refractivity (Wildman–Crippen MR) is 100 cm³/mol. The van der Waals surface area contributed by atoms with Crippen LogP contribution in [0.25, 0.3) is 11.0 Å². The van der Waals surface area contributed by atoms with Crippen LogP contribution in [0.2, 0.25) is 0 Å². The van der Waals surface area contributed by atoms with E-state index in [1.807, 2.05) is 0 Å². The van der Waals surface area contributed by atoms with Crippen molar-refractivity contribution in [3.8, 4) is 5.75 Å². The summed E-state index contributed by atoms with van der Waals surface area (Å²) in [6.07, 6.45) is 0. The van der Waals surface area contributed by atoms with Crippen molar-refractivity contribution < 1.29 is 38.7 Å². The molecule has 0 aliphatic carbocycles. The van der Waals surface area contributed by atoms with Gasteiger partial charge >= 0.3 is 11.9 Å². The van der Waals surface area contributed by atoms with Crippen LogP contribution in [0.3, 0.4) is 0 Å². The second-order valence-electron chi connectivity index (χ2n) is 6.10. The van der Waals surface area contributed by atoms with Gasteiger partial charge in [-0.3, -0.25) is 0 Å². The van der Waals surface area contributed by atoms with E-state index in [1.54, 1.807) is 13.0 Å². The fourth-order valence-electron chi connectivity index (χ4n) is 2.75. The molecular weight excluding hydrogens is 382 g/mol. The van der Waals surface area contributed by atoms with E-state index in [-0.39, 0.29) is 35.8 Å². The van der Waals surface area contributed by atoms with Crippen LogP contribution in [-0.2, 0) is 9.47 Å². The third kappa shape index (κ3) is 4.61. The zero-order chi connectivity index (χ0) is 21.0. The largest absolute Gasteiger partial charge is 0.595 e. The lowest BCUT2D eigenvalue weighted by molar-refractivity contribution is -0.991. The second kappa shape index (κ2) is 8.84. The second-order valence-corrected chi connectivity index (χ2v) is 6.10. The van der Waals surface area contributed by atoms with E-state index in [9.17, 15) is 14.8 Å². The summed E-state index contributed by atoms with van der Waals surface area (Å²) >= 11 is 0. The standard InChI is InChI=1S/C20H19NO8/c1-12-18(20(23)27-9-8-26-2)16-11-15(6-7-17(16)28-12)29-19(22)13-4-3-5-14(10-13)21(24)25/h3-7,10-11,21,24H,8-9H2,1-2H3. The maximum absolute atomic E-state index is 12.4. The molecule has 29 heavy (non-hydrogen) atoms. The van der Waals surface area contributed by atoms with Crippen LogP contribution in [0.15, 0.2) is 46.9 Å². The molecule has 0 radical (unpaired) electrons. The average Bonchev–Trinajstić information content (AvgIpc) is 3.03. The Hall–Kier alpha value is -3.24. The monoisotopic (exact) mass is 401 g/mol. The molecule has 152 valence electrons. The van der Waals surface area contributed by atoms with Gasteiger partial charge in [0, 0.05) is 24.6 Å². The van der Waals surface area contributed by atoms with Crippen LogP contribution in [0.5, 0.6) is 5.75 Å². The Morgan fingerprint density at radius 1 is 1.14 bits per heavy atom. The summed E-state index contributed by atoms with van der Waals surface area (Å²) in [5, 5.41) is 19.4. The Morgan fingerprint density at radius 2 is 1.93 bits per heavy atom. The van der Waals surface area contributed by atoms with Crippen molar-refractivity contribution in [3.63, 3.8) is 0 Å². The molecule has 9 nitrogen and oxygen atoms in total. The number of fused-ring (bicyclic) bond motifs is 1. The average molecular weight is 401 g/mol. The maximum atomic E-state index is 12.4. The van der Waals surface area contributed by atoms with Gasteiger partial charge in [0.1, 0.15) is 29.3 Å². The number of aryl methyl sites for hydroxylation is 1. The molecule has 1 atom stereocenters. The van der Waals surface area contributed by atoms with Crippen molar-refractivity contribution >= 4 is 28.6 Å². The first-order valence-electron chi connectivity index (χ1n) is 8.65. The minimum atomic E-state index is -1.15. The molecule has 3 rings (SSSR count). The summed E-state index contributed by atoms with van der Waals surface area (Å²) in [5.41, 5.74) is 0.741. The molecule has 0 aliphatic rings. The van der Waals surface area contributed by atoms with Crippen LogP contribution in [0.1, 0.15) is 26.5 Å². The lowest BCUT2D eigenvalue weighted by Crippen LogP contribution is -2.99. The van der Waals surface area contributed by atoms with Crippen LogP contribution < -0.4 is 9.96 Å². The van der Waals surface area contributed by atoms with Crippen molar-refractivity contribution in [1.29, 1.82) is 0 Å². The van der Waals surface area contributed by atoms with Crippen molar-refractivity contribution in [2.75, 3.05) is 20.3 Å². The van der Waals surface area contributed by atoms with Gasteiger partial charge in [-0.2, -0.15) is 5.23 Å². The number of carbonyl (C=O) groups is 2. The van der Waals surface area contributed by atoms with E-state index in [4.69, 9.17) is 23.8 Å². The Labute approximate surface area is 165 Å². The van der Waals surface area contributed by atoms with Crippen LogP contribution >= 0.6 is 0 Å². The minimum absolute atomic E-state index is 0.0264. The first-order valence-corrected chi connectivity index (χ1v) is 8.65. The Kier molecular flexibility index (Phi) is 6.25. The number of hydrogen-bond acceptors (Lipinski definition) is 8. The molecule has 0 fully saturated rings. The number of esters is 2. The van der Waals surface area contributed by atoms with Crippen molar-refractivity contribution in [3.05, 3.63) is 64.6 Å². The molecule has 0 aliphatic heterocycles. The van der Waals surface area contributed by atoms with Gasteiger partial charge in [0.25, 0.3) is 0 Å². The van der Waals surface area contributed by atoms with Crippen LogP contribution in [0.4, 0.5) is 5.69 Å². The Bertz CT molecular complexity index is 1040. The van der Waals surface area contributed by atoms with Crippen molar-refractivity contribution in [2.45, 2.75) is 6.92 Å². The molecule has 0 saturated carbocycles. The van der Waals surface area contributed by atoms with Gasteiger partial charge in [0.2, 0.25) is 0 Å². The Balaban J connectivity index is 1.85. The molecule has 1 aromatic heterocycles. The van der Waals surface area contributed by atoms with Crippen molar-refractivity contribution in [2.24, 2.45) is 0 Å². The minimum Gasteiger partial charge on any atom is -0.595 e. The molecule has 2 aromatic carbocycles. The third-order valence-corrected chi connectivity index (χ3v) is 4.12. The molecular formula is C20H19NO8. The first kappa shape index (κ1) is 20.5. The highest BCUT2D eigenvalue weighted by atomic mass is 16.8. The number of methoxy groups -OCH3 is 1. The highest BCUT2D eigenvalue weighted by Crippen LogP contribution is 2.30. The third-order valence-electron chi connectivity index (χ3n) is 4.12. The highest BCUT2D eigenvalue weighted by molar-refractivity contribution is 6.05. The number of nitrogens with one attached hydrogen (secondary N) is 1. The molecule has 2 N–H and O–H groups in total. The summed E-state index contributed by atoms with van der Waals surface area (Å²) in [7, 11) is 1.50. The molecule has 1 unspecified atom stereocenters. The summed E-state index contributed by atoms with van der Waals surface area (Å²) < 4.78 is 20.9. The predicted octanol–water partition coefficient (Wildman–Crippen LogP) is 2.17. The Morgan fingerprint density at radius 3 is 2.66 bits per heavy atom. The molecule has 1 heterocycles. The number of rotatable bonds is 7. The molecule has 0 bridgehead atoms.